The van der Waals surface area contributed by atoms with E-state index in [-0.39, 0.29) is 24.7 Å². The Morgan fingerprint density at radius 2 is 0.557 bits per heavy atom. The Balaban J connectivity index is 0.742. The molecule has 0 saturated carbocycles. The van der Waals surface area contributed by atoms with Gasteiger partial charge in [0.1, 0.15) is 23.9 Å². The van der Waals surface area contributed by atoms with Crippen LogP contribution in [0.25, 0.3) is 44.5 Å². The molecule has 4 N–H and O–H groups in total. The van der Waals surface area contributed by atoms with Crippen molar-refractivity contribution in [2.75, 3.05) is 65.4 Å². The number of nitrogens with zero attached hydrogens (tertiary/aromatic N) is 2. The Labute approximate surface area is 610 Å². The van der Waals surface area contributed by atoms with Crippen LogP contribution in [0.1, 0.15) is 157 Å². The summed E-state index contributed by atoms with van der Waals surface area (Å²) >= 11 is 0. The molecule has 0 heterocycles. The molecule has 22 heteroatoms. The quantitative estimate of drug-likeness (QED) is 0.0227. The molecule has 0 spiro atoms. The van der Waals surface area contributed by atoms with Crippen LogP contribution >= 0.6 is 0 Å². The predicted molar refractivity (Wildman–Crippen MR) is 389 cm³/mol. The first-order chi connectivity index (χ1) is 50.8. The number of fused-ring (bicyclic) bond motifs is 6. The van der Waals surface area contributed by atoms with Gasteiger partial charge in [-0.25, -0.2) is 0 Å². The molecule has 0 fully saturated rings. The summed E-state index contributed by atoms with van der Waals surface area (Å²) in [6.45, 7) is 1.47. The number of alkyl halides is 12. The minimum absolute atomic E-state index is 0.259. The molecule has 0 aromatic heterocycles. The Hall–Kier alpha value is -9.28. The Morgan fingerprint density at radius 3 is 0.858 bits per heavy atom. The zero-order valence-corrected chi connectivity index (χ0v) is 58.9. The topological polar surface area (TPSA) is 123 Å². The first-order valence-corrected chi connectivity index (χ1v) is 36.4. The summed E-state index contributed by atoms with van der Waals surface area (Å²) in [7, 11) is 0. The van der Waals surface area contributed by atoms with Gasteiger partial charge < -0.3 is 31.1 Å². The lowest BCUT2D eigenvalue weighted by Gasteiger charge is -2.31. The summed E-state index contributed by atoms with van der Waals surface area (Å²) in [5.41, 5.74) is 4.00. The third-order valence-corrected chi connectivity index (χ3v) is 20.3. The van der Waals surface area contributed by atoms with E-state index in [9.17, 15) is 71.9 Å². The molecule has 0 saturated heterocycles. The summed E-state index contributed by atoms with van der Waals surface area (Å²) in [5.74, 6) is -2.19. The molecule has 8 aromatic rings. The Kier molecular flexibility index (Phi) is 26.8. The lowest BCUT2D eigenvalue weighted by molar-refractivity contribution is -0.141. The number of carbonyl (C=O) groups is 4. The van der Waals surface area contributed by atoms with Gasteiger partial charge in [-0.3, -0.25) is 19.2 Å². The van der Waals surface area contributed by atoms with Crippen LogP contribution in [0.4, 0.5) is 52.7 Å². The van der Waals surface area contributed by atoms with Crippen LogP contribution in [0, 0.1) is 0 Å². The molecule has 2 aliphatic carbocycles. The third kappa shape index (κ3) is 20.0. The molecule has 10 rings (SSSR count). The van der Waals surface area contributed by atoms with Crippen molar-refractivity contribution in [3.8, 4) is 44.5 Å². The van der Waals surface area contributed by atoms with E-state index in [0.29, 0.717) is 133 Å². The van der Waals surface area contributed by atoms with Crippen LogP contribution in [-0.4, -0.2) is 111 Å². The number of hydrogen-bond donors (Lipinski definition) is 4. The lowest BCUT2D eigenvalue weighted by atomic mass is 9.73. The molecule has 4 amide bonds. The maximum atomic E-state index is 14.3. The molecular weight excluding hydrogens is 1380 g/mol. The van der Waals surface area contributed by atoms with Crippen molar-refractivity contribution in [2.24, 2.45) is 0 Å². The second kappa shape index (κ2) is 35.9. The van der Waals surface area contributed by atoms with Gasteiger partial charge >= 0.3 is 24.7 Å². The van der Waals surface area contributed by atoms with Crippen LogP contribution in [-0.2, 0) is 32.8 Å². The second-order valence-electron chi connectivity index (χ2n) is 27.5. The monoisotopic (exact) mass is 1470 g/mol. The van der Waals surface area contributed by atoms with Crippen molar-refractivity contribution in [3.63, 3.8) is 0 Å². The fraction of sp³-hybridized carbons (Fsp3) is 0.381. The molecule has 8 aromatic carbocycles. The van der Waals surface area contributed by atoms with Crippen molar-refractivity contribution in [1.29, 1.82) is 0 Å². The van der Waals surface area contributed by atoms with Crippen molar-refractivity contribution in [3.05, 3.63) is 239 Å². The van der Waals surface area contributed by atoms with Gasteiger partial charge in [-0.05, 0) is 194 Å². The molecule has 0 aliphatic heterocycles. The molecular formula is C84H88F12N6O4. The molecule has 106 heavy (non-hydrogen) atoms. The van der Waals surface area contributed by atoms with E-state index in [4.69, 9.17) is 0 Å². The fourth-order valence-corrected chi connectivity index (χ4v) is 15.2. The minimum Gasteiger partial charge on any atom is -0.352 e. The standard InChI is InChI=1S/C84H88F12N6O4/c85-81(86,87)57-99-77(105)79(71-35-15-11-29-65(71)66-30-12-16-36-72(66)79)47-19-23-53-101(55-25-49-97-75(103)69-33-9-7-27-63(69)59-39-43-61(44-40-59)83(91,92)93)51-21-5-3-1-2-4-6-22-52-102(56-26-50-98-76(104)70-34-10-8-28-64(70)60-41-45-62(46-42-60)84(94,95)96)54-24-20-48-80(78(106)100-58-82(88,89)90)73-37-17-13-31-67(73)68-32-14-18-38-74(68)80/h7-18,27-46H,1-6,19-26,47-58H2,(H,97,103)(H,98,104)(H,99,105)(H,100,106). The highest BCUT2D eigenvalue weighted by atomic mass is 19.4. The van der Waals surface area contributed by atoms with Crippen LogP contribution in [0.15, 0.2) is 194 Å². The highest BCUT2D eigenvalue weighted by molar-refractivity contribution is 6.03. The van der Waals surface area contributed by atoms with Crippen LogP contribution in [0.5, 0.6) is 0 Å². The summed E-state index contributed by atoms with van der Waals surface area (Å²) in [4.78, 5) is 60.6. The zero-order valence-electron chi connectivity index (χ0n) is 58.9. The van der Waals surface area contributed by atoms with Crippen molar-refractivity contribution in [2.45, 2.75) is 138 Å². The predicted octanol–water partition coefficient (Wildman–Crippen LogP) is 19.4. The van der Waals surface area contributed by atoms with Gasteiger partial charge in [0.05, 0.1) is 11.1 Å². The second-order valence-corrected chi connectivity index (χ2v) is 27.5. The molecule has 0 unspecified atom stereocenters. The average Bonchev–Trinajstić information content (AvgIpc) is 1.57. The van der Waals surface area contributed by atoms with Gasteiger partial charge in [0.25, 0.3) is 11.8 Å². The number of unbranched alkanes of at least 4 members (excludes halogenated alkanes) is 9. The van der Waals surface area contributed by atoms with E-state index < -0.39 is 71.6 Å². The van der Waals surface area contributed by atoms with Crippen LogP contribution in [0.3, 0.4) is 0 Å². The molecule has 2 aliphatic rings. The number of halogens is 12. The average molecular weight is 1470 g/mol. The first-order valence-electron chi connectivity index (χ1n) is 36.4. The van der Waals surface area contributed by atoms with Crippen molar-refractivity contribution >= 4 is 23.6 Å². The highest BCUT2D eigenvalue weighted by Crippen LogP contribution is 2.53. The SMILES string of the molecule is O=C(NCCCN(CCCCCCCCCCN(CCCCC1(C(=O)NCC(F)(F)F)c2ccccc2-c2ccccc21)CCCNC(=O)c1ccccc1-c1ccc(C(F)(F)F)cc1)CCCCC1(C(=O)NCC(F)(F)F)c2ccccc2-c2ccccc21)c1ccccc1-c1ccc(C(F)(F)F)cc1. The first kappa shape index (κ1) is 79.3. The number of carbonyl (C=O) groups excluding carboxylic acids is 4. The maximum Gasteiger partial charge on any atom is 0.416 e. The number of rotatable bonds is 37. The van der Waals surface area contributed by atoms with E-state index in [1.165, 1.54) is 24.3 Å². The third-order valence-electron chi connectivity index (χ3n) is 20.3. The molecule has 0 bridgehead atoms. The van der Waals surface area contributed by atoms with E-state index >= 15 is 0 Å². The smallest absolute Gasteiger partial charge is 0.352 e. The van der Waals surface area contributed by atoms with E-state index in [2.05, 4.69) is 31.1 Å². The summed E-state index contributed by atoms with van der Waals surface area (Å²) in [6, 6.07) is 52.0. The fourth-order valence-electron chi connectivity index (χ4n) is 15.2. The largest absolute Gasteiger partial charge is 0.416 e. The van der Waals surface area contributed by atoms with Gasteiger partial charge in [-0.2, -0.15) is 52.7 Å². The van der Waals surface area contributed by atoms with Gasteiger partial charge in [-0.15, -0.1) is 0 Å². The summed E-state index contributed by atoms with van der Waals surface area (Å²) in [6.07, 6.45) is -6.96. The van der Waals surface area contributed by atoms with Crippen LogP contribution in [0.2, 0.25) is 0 Å². The molecule has 0 radical (unpaired) electrons. The molecule has 0 atom stereocenters. The minimum atomic E-state index is -4.62. The van der Waals surface area contributed by atoms with E-state index in [1.54, 1.807) is 72.8 Å². The molecule has 10 nitrogen and oxygen atoms in total. The number of amides is 4. The number of nitrogens with one attached hydrogen (secondary N) is 4. The zero-order chi connectivity index (χ0) is 75.5. The summed E-state index contributed by atoms with van der Waals surface area (Å²) in [5, 5.41) is 10.4. The normalized spacial score (nSPS) is 13.6. The van der Waals surface area contributed by atoms with Crippen LogP contribution < -0.4 is 21.3 Å². The lowest BCUT2D eigenvalue weighted by Crippen LogP contribution is -2.47. The molecule has 562 valence electrons. The summed E-state index contributed by atoms with van der Waals surface area (Å²) < 4.78 is 162. The number of hydrogen-bond acceptors (Lipinski definition) is 6. The number of benzene rings is 8. The van der Waals surface area contributed by atoms with E-state index in [1.807, 2.05) is 72.8 Å². The van der Waals surface area contributed by atoms with Crippen molar-refractivity contribution < 1.29 is 71.9 Å². The van der Waals surface area contributed by atoms with Gasteiger partial charge in [0, 0.05) is 24.2 Å². The Morgan fingerprint density at radius 1 is 0.292 bits per heavy atom. The van der Waals surface area contributed by atoms with Gasteiger partial charge in [0.2, 0.25) is 11.8 Å². The van der Waals surface area contributed by atoms with Crippen molar-refractivity contribution in [1.82, 2.24) is 31.1 Å². The maximum absolute atomic E-state index is 14.3. The van der Waals surface area contributed by atoms with Gasteiger partial charge in [0.15, 0.2) is 0 Å². The Bertz CT molecular complexity index is 3890. The highest BCUT2D eigenvalue weighted by Gasteiger charge is 2.51. The van der Waals surface area contributed by atoms with Gasteiger partial charge in [-0.1, -0.05) is 209 Å². The van der Waals surface area contributed by atoms with E-state index in [0.717, 1.165) is 111 Å².